The van der Waals surface area contributed by atoms with Crippen LogP contribution < -0.4 is 0 Å². The molecule has 1 N–H and O–H groups in total. The summed E-state index contributed by atoms with van der Waals surface area (Å²) >= 11 is 0. The quantitative estimate of drug-likeness (QED) is 0.425. The number of hydrogen-bond donors (Lipinski definition) is 1. The van der Waals surface area contributed by atoms with Crippen molar-refractivity contribution in [1.29, 1.82) is 0 Å². The fourth-order valence-electron chi connectivity index (χ4n) is 0.666. The van der Waals surface area contributed by atoms with Crippen LogP contribution in [0, 0.1) is 5.92 Å². The smallest absolute Gasteiger partial charge is 0.334 e. The van der Waals surface area contributed by atoms with Crippen LogP contribution in [0.2, 0.25) is 0 Å². The van der Waals surface area contributed by atoms with E-state index in [2.05, 4.69) is 4.74 Å². The molecule has 0 saturated carbocycles. The highest BCUT2D eigenvalue weighted by Gasteiger charge is 2.15. The van der Waals surface area contributed by atoms with Crippen LogP contribution in [-0.2, 0) is 23.9 Å². The zero-order chi connectivity index (χ0) is 12.7. The van der Waals surface area contributed by atoms with Gasteiger partial charge in [0.1, 0.15) is 0 Å². The Morgan fingerprint density at radius 1 is 1.06 bits per heavy atom. The highest BCUT2D eigenvalue weighted by atomic mass is 16.7. The van der Waals surface area contributed by atoms with E-state index in [9.17, 15) is 14.4 Å². The molecule has 16 heavy (non-hydrogen) atoms. The monoisotopic (exact) mass is 230 g/mol. The maximum Gasteiger partial charge on any atom is 0.334 e. The summed E-state index contributed by atoms with van der Waals surface area (Å²) in [7, 11) is 0. The Hall–Kier alpha value is -1.85. The summed E-state index contributed by atoms with van der Waals surface area (Å²) in [5.41, 5.74) is 0. The zero-order valence-electron chi connectivity index (χ0n) is 9.30. The van der Waals surface area contributed by atoms with Gasteiger partial charge in [-0.3, -0.25) is 4.79 Å². The first-order valence-corrected chi connectivity index (χ1v) is 4.65. The second kappa shape index (κ2) is 6.60. The van der Waals surface area contributed by atoms with Gasteiger partial charge in [-0.15, -0.1) is 0 Å². The van der Waals surface area contributed by atoms with Gasteiger partial charge in [0, 0.05) is 19.1 Å². The Labute approximate surface area is 92.8 Å². The Balaban J connectivity index is 4.05. The number of esters is 2. The first-order valence-electron chi connectivity index (χ1n) is 4.65. The Morgan fingerprint density at radius 3 is 2.06 bits per heavy atom. The van der Waals surface area contributed by atoms with Gasteiger partial charge in [0.05, 0.1) is 5.92 Å². The fourth-order valence-corrected chi connectivity index (χ4v) is 0.666. The number of carboxylic acids is 1. The van der Waals surface area contributed by atoms with Crippen LogP contribution in [0.1, 0.15) is 20.8 Å². The number of carboxylic acid groups (broad SMARTS) is 1. The molecule has 0 aliphatic rings. The molecular weight excluding hydrogens is 216 g/mol. The van der Waals surface area contributed by atoms with Gasteiger partial charge in [-0.1, -0.05) is 13.8 Å². The van der Waals surface area contributed by atoms with Crippen molar-refractivity contribution in [2.45, 2.75) is 27.1 Å². The molecule has 1 atom stereocenters. The van der Waals surface area contributed by atoms with E-state index in [1.54, 1.807) is 13.8 Å². The van der Waals surface area contributed by atoms with Crippen molar-refractivity contribution < 1.29 is 29.0 Å². The van der Waals surface area contributed by atoms with E-state index in [-0.39, 0.29) is 5.92 Å². The summed E-state index contributed by atoms with van der Waals surface area (Å²) in [5, 5.41) is 8.23. The Bertz CT molecular complexity index is 304. The molecule has 90 valence electrons. The summed E-state index contributed by atoms with van der Waals surface area (Å²) in [5.74, 6) is -2.96. The molecule has 6 nitrogen and oxygen atoms in total. The van der Waals surface area contributed by atoms with Crippen molar-refractivity contribution in [3.05, 3.63) is 12.2 Å². The molecule has 0 aliphatic carbocycles. The predicted octanol–water partition coefficient (Wildman–Crippen LogP) is 0.716. The zero-order valence-corrected chi connectivity index (χ0v) is 9.30. The van der Waals surface area contributed by atoms with Crippen LogP contribution in [0.3, 0.4) is 0 Å². The lowest BCUT2D eigenvalue weighted by atomic mass is 10.2. The van der Waals surface area contributed by atoms with Crippen LogP contribution in [0.5, 0.6) is 0 Å². The molecule has 0 aromatic heterocycles. The maximum atomic E-state index is 11.1. The van der Waals surface area contributed by atoms with Crippen molar-refractivity contribution in [3.63, 3.8) is 0 Å². The van der Waals surface area contributed by atoms with Crippen LogP contribution >= 0.6 is 0 Å². The first kappa shape index (κ1) is 14.2. The topological polar surface area (TPSA) is 89.9 Å². The van der Waals surface area contributed by atoms with Gasteiger partial charge >= 0.3 is 17.9 Å². The van der Waals surface area contributed by atoms with Gasteiger partial charge in [-0.2, -0.15) is 0 Å². The van der Waals surface area contributed by atoms with E-state index in [4.69, 9.17) is 9.84 Å². The van der Waals surface area contributed by atoms with Crippen molar-refractivity contribution in [2.75, 3.05) is 0 Å². The van der Waals surface area contributed by atoms with Crippen LogP contribution in [0.4, 0.5) is 0 Å². The molecule has 0 bridgehead atoms. The van der Waals surface area contributed by atoms with Gasteiger partial charge in [0.2, 0.25) is 6.29 Å². The molecule has 0 saturated heterocycles. The molecule has 0 aromatic carbocycles. The lowest BCUT2D eigenvalue weighted by molar-refractivity contribution is -0.183. The molecule has 1 unspecified atom stereocenters. The van der Waals surface area contributed by atoms with E-state index in [1.165, 1.54) is 6.92 Å². The number of carbonyl (C=O) groups is 3. The summed E-state index contributed by atoms with van der Waals surface area (Å²) in [6.07, 6.45) is 0.335. The van der Waals surface area contributed by atoms with E-state index in [0.29, 0.717) is 6.08 Å². The Morgan fingerprint density at radius 2 is 1.62 bits per heavy atom. The standard InChI is InChI=1S/C10H14O6/c1-6(2)10(14)16-7(3)15-9(13)5-4-8(11)12/h4-7H,1-3H3,(H,11,12). The van der Waals surface area contributed by atoms with Crippen molar-refractivity contribution in [2.24, 2.45) is 5.92 Å². The van der Waals surface area contributed by atoms with E-state index < -0.39 is 24.2 Å². The molecule has 0 rings (SSSR count). The summed E-state index contributed by atoms with van der Waals surface area (Å²) in [4.78, 5) is 32.1. The molecule has 0 heterocycles. The van der Waals surface area contributed by atoms with Crippen molar-refractivity contribution >= 4 is 17.9 Å². The molecule has 0 aliphatic heterocycles. The largest absolute Gasteiger partial charge is 0.478 e. The van der Waals surface area contributed by atoms with Crippen LogP contribution in [0.25, 0.3) is 0 Å². The summed E-state index contributed by atoms with van der Waals surface area (Å²) in [6, 6.07) is 0. The lowest BCUT2D eigenvalue weighted by Gasteiger charge is -2.14. The van der Waals surface area contributed by atoms with Crippen LogP contribution in [0.15, 0.2) is 12.2 Å². The van der Waals surface area contributed by atoms with E-state index in [0.717, 1.165) is 6.08 Å². The third-order valence-corrected chi connectivity index (χ3v) is 1.40. The predicted molar refractivity (Wildman–Crippen MR) is 53.3 cm³/mol. The van der Waals surface area contributed by atoms with Crippen molar-refractivity contribution in [3.8, 4) is 0 Å². The lowest BCUT2D eigenvalue weighted by Crippen LogP contribution is -2.23. The van der Waals surface area contributed by atoms with Gasteiger partial charge in [-0.25, -0.2) is 9.59 Å². The van der Waals surface area contributed by atoms with Gasteiger partial charge < -0.3 is 14.6 Å². The summed E-state index contributed by atoms with van der Waals surface area (Å²) < 4.78 is 9.32. The van der Waals surface area contributed by atoms with Crippen molar-refractivity contribution in [1.82, 2.24) is 0 Å². The number of aliphatic carboxylic acids is 1. The second-order valence-electron chi connectivity index (χ2n) is 3.27. The molecule has 0 spiro atoms. The van der Waals surface area contributed by atoms with Gasteiger partial charge in [-0.05, 0) is 0 Å². The number of hydrogen-bond acceptors (Lipinski definition) is 5. The minimum Gasteiger partial charge on any atom is -0.478 e. The third kappa shape index (κ3) is 6.58. The second-order valence-corrected chi connectivity index (χ2v) is 3.27. The average Bonchev–Trinajstić information content (AvgIpc) is 2.14. The number of rotatable bonds is 5. The molecule has 0 fully saturated rings. The highest BCUT2D eigenvalue weighted by molar-refractivity contribution is 5.90. The molecule has 0 aromatic rings. The third-order valence-electron chi connectivity index (χ3n) is 1.40. The minimum absolute atomic E-state index is 0.323. The molecule has 6 heteroatoms. The van der Waals surface area contributed by atoms with Crippen LogP contribution in [-0.4, -0.2) is 29.3 Å². The SMILES string of the molecule is CC(OC(=O)C=CC(=O)O)OC(=O)C(C)C. The van der Waals surface area contributed by atoms with Gasteiger partial charge in [0.15, 0.2) is 0 Å². The molecular formula is C10H14O6. The first-order chi connectivity index (χ1) is 7.32. The fraction of sp³-hybridized carbons (Fsp3) is 0.500. The Kier molecular flexibility index (Phi) is 5.84. The normalized spacial score (nSPS) is 12.5. The molecule has 0 radical (unpaired) electrons. The molecule has 0 amide bonds. The maximum absolute atomic E-state index is 11.1. The van der Waals surface area contributed by atoms with E-state index >= 15 is 0 Å². The van der Waals surface area contributed by atoms with Gasteiger partial charge in [0.25, 0.3) is 0 Å². The summed E-state index contributed by atoms with van der Waals surface area (Å²) in [6.45, 7) is 4.65. The number of carbonyl (C=O) groups excluding carboxylic acids is 2. The number of ether oxygens (including phenoxy) is 2. The minimum atomic E-state index is -1.26. The highest BCUT2D eigenvalue weighted by Crippen LogP contribution is 2.02. The average molecular weight is 230 g/mol. The van der Waals surface area contributed by atoms with E-state index in [1.807, 2.05) is 0 Å².